The van der Waals surface area contributed by atoms with Crippen molar-refractivity contribution in [3.63, 3.8) is 0 Å². The molecule has 5 heteroatoms. The summed E-state index contributed by atoms with van der Waals surface area (Å²) in [5.74, 6) is 3.61. The van der Waals surface area contributed by atoms with Gasteiger partial charge in [-0.05, 0) is 30.2 Å². The van der Waals surface area contributed by atoms with E-state index in [1.807, 2.05) is 30.0 Å². The van der Waals surface area contributed by atoms with Gasteiger partial charge in [-0.15, -0.1) is 0 Å². The third-order valence-corrected chi connectivity index (χ3v) is 4.63. The maximum absolute atomic E-state index is 12.2. The Bertz CT molecular complexity index is 479. The van der Waals surface area contributed by atoms with Gasteiger partial charge in [0, 0.05) is 12.3 Å². The number of thioether (sulfide) groups is 1. The summed E-state index contributed by atoms with van der Waals surface area (Å²) in [4.78, 5) is 12.2. The third-order valence-electron chi connectivity index (χ3n) is 3.44. The van der Waals surface area contributed by atoms with E-state index in [2.05, 4.69) is 12.2 Å². The fourth-order valence-corrected chi connectivity index (χ4v) is 3.10. The first-order valence-corrected chi connectivity index (χ1v) is 8.55. The number of carbonyl (C=O) groups excluding carboxylic acids is 1. The number of carbonyl (C=O) groups is 1. The smallest absolute Gasteiger partial charge is 0.226 e. The van der Waals surface area contributed by atoms with Crippen LogP contribution in [0.2, 0.25) is 0 Å². The Morgan fingerprint density at radius 3 is 3.10 bits per heavy atom. The summed E-state index contributed by atoms with van der Waals surface area (Å²) in [5.41, 5.74) is 1.04. The van der Waals surface area contributed by atoms with Gasteiger partial charge in [0.25, 0.3) is 0 Å². The highest BCUT2D eigenvalue weighted by molar-refractivity contribution is 7.99. The maximum atomic E-state index is 12.2. The molecular formula is C16H23NO3S. The molecule has 1 heterocycles. The molecule has 0 spiro atoms. The zero-order valence-corrected chi connectivity index (χ0v) is 13.5. The molecule has 1 amide bonds. The Labute approximate surface area is 130 Å². The highest BCUT2D eigenvalue weighted by Crippen LogP contribution is 2.35. The van der Waals surface area contributed by atoms with Gasteiger partial charge in [-0.3, -0.25) is 4.79 Å². The minimum Gasteiger partial charge on any atom is -0.493 e. The topological polar surface area (TPSA) is 47.6 Å². The molecule has 1 aliphatic rings. The quantitative estimate of drug-likeness (QED) is 0.786. The molecule has 1 aliphatic heterocycles. The van der Waals surface area contributed by atoms with Crippen molar-refractivity contribution >= 4 is 17.7 Å². The van der Waals surface area contributed by atoms with Gasteiger partial charge < -0.3 is 14.8 Å². The number of methoxy groups -OCH3 is 1. The number of amides is 1. The average Bonchev–Trinajstić information content (AvgIpc) is 2.53. The number of benzene rings is 1. The molecule has 0 aromatic heterocycles. The molecule has 1 atom stereocenters. The molecule has 0 bridgehead atoms. The van der Waals surface area contributed by atoms with Crippen LogP contribution in [0.4, 0.5) is 0 Å². The number of hydrogen-bond donors (Lipinski definition) is 1. The molecule has 0 radical (unpaired) electrons. The van der Waals surface area contributed by atoms with Crippen LogP contribution in [0.25, 0.3) is 0 Å². The number of para-hydroxylation sites is 1. The lowest BCUT2D eigenvalue weighted by atomic mass is 9.95. The monoisotopic (exact) mass is 309 g/mol. The van der Waals surface area contributed by atoms with Crippen LogP contribution >= 0.6 is 11.8 Å². The molecule has 0 unspecified atom stereocenters. The predicted octanol–water partition coefficient (Wildman–Crippen LogP) is 2.51. The SMILES string of the molecule is CCCSCCNC(=O)[C@@H]1COc2c(cccc2OC)C1. The predicted molar refractivity (Wildman–Crippen MR) is 86.3 cm³/mol. The van der Waals surface area contributed by atoms with Crippen molar-refractivity contribution in [1.29, 1.82) is 0 Å². The first-order chi connectivity index (χ1) is 10.3. The fraction of sp³-hybridized carbons (Fsp3) is 0.562. The standard InChI is InChI=1S/C16H23NO3S/c1-3-8-21-9-7-17-16(18)13-10-12-5-4-6-14(19-2)15(12)20-11-13/h4-6,13H,3,7-11H2,1-2H3,(H,17,18)/t13-/m0/s1. The molecule has 0 fully saturated rings. The molecular weight excluding hydrogens is 286 g/mol. The summed E-state index contributed by atoms with van der Waals surface area (Å²) in [7, 11) is 1.63. The second-order valence-electron chi connectivity index (χ2n) is 5.06. The Balaban J connectivity index is 1.85. The first kappa shape index (κ1) is 16.0. The van der Waals surface area contributed by atoms with Crippen LogP contribution < -0.4 is 14.8 Å². The lowest BCUT2D eigenvalue weighted by molar-refractivity contribution is -0.126. The van der Waals surface area contributed by atoms with Gasteiger partial charge in [-0.25, -0.2) is 0 Å². The summed E-state index contributed by atoms with van der Waals surface area (Å²) >= 11 is 1.87. The molecule has 0 aliphatic carbocycles. The fourth-order valence-electron chi connectivity index (χ4n) is 2.36. The normalized spacial score (nSPS) is 16.8. The Hall–Kier alpha value is -1.36. The second kappa shape index (κ2) is 8.17. The van der Waals surface area contributed by atoms with E-state index < -0.39 is 0 Å². The van der Waals surface area contributed by atoms with Gasteiger partial charge in [0.15, 0.2) is 11.5 Å². The molecule has 0 saturated carbocycles. The van der Waals surface area contributed by atoms with Crippen LogP contribution in [-0.4, -0.2) is 37.7 Å². The van der Waals surface area contributed by atoms with E-state index in [1.54, 1.807) is 7.11 Å². The molecule has 2 rings (SSSR count). The minimum atomic E-state index is -0.110. The zero-order chi connectivity index (χ0) is 15.1. The molecule has 1 N–H and O–H groups in total. The number of rotatable bonds is 7. The number of hydrogen-bond acceptors (Lipinski definition) is 4. The van der Waals surface area contributed by atoms with E-state index >= 15 is 0 Å². The lowest BCUT2D eigenvalue weighted by Crippen LogP contribution is -2.38. The lowest BCUT2D eigenvalue weighted by Gasteiger charge is -2.25. The number of fused-ring (bicyclic) bond motifs is 1. The maximum Gasteiger partial charge on any atom is 0.226 e. The number of ether oxygens (including phenoxy) is 2. The van der Waals surface area contributed by atoms with E-state index in [9.17, 15) is 4.79 Å². The van der Waals surface area contributed by atoms with Crippen LogP contribution in [0, 0.1) is 5.92 Å². The van der Waals surface area contributed by atoms with Gasteiger partial charge >= 0.3 is 0 Å². The largest absolute Gasteiger partial charge is 0.493 e. The number of nitrogens with one attached hydrogen (secondary N) is 1. The summed E-state index contributed by atoms with van der Waals surface area (Å²) in [5, 5.41) is 3.00. The zero-order valence-electron chi connectivity index (χ0n) is 12.7. The molecule has 21 heavy (non-hydrogen) atoms. The molecule has 0 saturated heterocycles. The van der Waals surface area contributed by atoms with Gasteiger partial charge in [-0.2, -0.15) is 11.8 Å². The van der Waals surface area contributed by atoms with Crippen LogP contribution in [0.3, 0.4) is 0 Å². The molecule has 116 valence electrons. The van der Waals surface area contributed by atoms with Gasteiger partial charge in [-0.1, -0.05) is 19.1 Å². The average molecular weight is 309 g/mol. The summed E-state index contributed by atoms with van der Waals surface area (Å²) in [6.45, 7) is 3.31. The van der Waals surface area contributed by atoms with Crippen molar-refractivity contribution in [2.75, 3.05) is 31.8 Å². The van der Waals surface area contributed by atoms with E-state index in [4.69, 9.17) is 9.47 Å². The van der Waals surface area contributed by atoms with Gasteiger partial charge in [0.2, 0.25) is 5.91 Å². The second-order valence-corrected chi connectivity index (χ2v) is 6.29. The Morgan fingerprint density at radius 1 is 1.48 bits per heavy atom. The minimum absolute atomic E-state index is 0.0839. The molecule has 1 aromatic carbocycles. The van der Waals surface area contributed by atoms with Crippen LogP contribution in [0.15, 0.2) is 18.2 Å². The van der Waals surface area contributed by atoms with E-state index in [-0.39, 0.29) is 11.8 Å². The van der Waals surface area contributed by atoms with Crippen molar-refractivity contribution in [2.24, 2.45) is 5.92 Å². The summed E-state index contributed by atoms with van der Waals surface area (Å²) in [6.07, 6.45) is 1.88. The van der Waals surface area contributed by atoms with Crippen molar-refractivity contribution in [1.82, 2.24) is 5.32 Å². The van der Waals surface area contributed by atoms with Crippen molar-refractivity contribution < 1.29 is 14.3 Å². The van der Waals surface area contributed by atoms with Gasteiger partial charge in [0.1, 0.15) is 6.61 Å². The van der Waals surface area contributed by atoms with E-state index in [0.29, 0.717) is 13.0 Å². The first-order valence-electron chi connectivity index (χ1n) is 7.40. The summed E-state index contributed by atoms with van der Waals surface area (Å²) < 4.78 is 11.0. The van der Waals surface area contributed by atoms with E-state index in [0.717, 1.165) is 35.1 Å². The molecule has 4 nitrogen and oxygen atoms in total. The summed E-state index contributed by atoms with van der Waals surface area (Å²) in [6, 6.07) is 5.81. The van der Waals surface area contributed by atoms with Crippen LogP contribution in [-0.2, 0) is 11.2 Å². The van der Waals surface area contributed by atoms with Crippen molar-refractivity contribution in [3.05, 3.63) is 23.8 Å². The van der Waals surface area contributed by atoms with Gasteiger partial charge in [0.05, 0.1) is 13.0 Å². The van der Waals surface area contributed by atoms with Crippen molar-refractivity contribution in [3.8, 4) is 11.5 Å². The highest BCUT2D eigenvalue weighted by Gasteiger charge is 2.27. The van der Waals surface area contributed by atoms with Crippen LogP contribution in [0.1, 0.15) is 18.9 Å². The van der Waals surface area contributed by atoms with Crippen LogP contribution in [0.5, 0.6) is 11.5 Å². The van der Waals surface area contributed by atoms with E-state index in [1.165, 1.54) is 6.42 Å². The highest BCUT2D eigenvalue weighted by atomic mass is 32.2. The van der Waals surface area contributed by atoms with Crippen molar-refractivity contribution in [2.45, 2.75) is 19.8 Å². The third kappa shape index (κ3) is 4.30. The Morgan fingerprint density at radius 2 is 2.33 bits per heavy atom. The molecule has 1 aromatic rings. The Kier molecular flexibility index (Phi) is 6.23.